The van der Waals surface area contributed by atoms with Gasteiger partial charge in [-0.1, -0.05) is 30.3 Å². The summed E-state index contributed by atoms with van der Waals surface area (Å²) in [5, 5.41) is 13.7. The Labute approximate surface area is 151 Å². The standard InChI is InChI=1S/C19H18N2O3.ClH/c1-24-12-7-8-15-13(9-12)16-14(11-5-3-2-4-6-11)10-20-18(19(22)23)17(16)21-15;/h2-9,14,18,20-21H,10H2,1H3,(H,22,23);1H. The highest BCUT2D eigenvalue weighted by atomic mass is 35.5. The van der Waals surface area contributed by atoms with Crippen LogP contribution in [0.2, 0.25) is 0 Å². The van der Waals surface area contributed by atoms with Gasteiger partial charge in [0.2, 0.25) is 0 Å². The highest BCUT2D eigenvalue weighted by Crippen LogP contribution is 2.40. The lowest BCUT2D eigenvalue weighted by molar-refractivity contribution is -0.139. The zero-order valence-corrected chi connectivity index (χ0v) is 14.5. The highest BCUT2D eigenvalue weighted by Gasteiger charge is 2.35. The van der Waals surface area contributed by atoms with E-state index >= 15 is 0 Å². The van der Waals surface area contributed by atoms with Crippen LogP contribution in [0.25, 0.3) is 10.9 Å². The number of nitrogens with one attached hydrogen (secondary N) is 2. The molecule has 4 rings (SSSR count). The van der Waals surface area contributed by atoms with Gasteiger partial charge in [0.25, 0.3) is 0 Å². The molecule has 1 aliphatic rings. The number of benzene rings is 2. The van der Waals surface area contributed by atoms with Gasteiger partial charge in [-0.3, -0.25) is 10.1 Å². The van der Waals surface area contributed by atoms with Crippen LogP contribution in [-0.4, -0.2) is 29.7 Å². The molecule has 3 aromatic rings. The fourth-order valence-corrected chi connectivity index (χ4v) is 3.56. The van der Waals surface area contributed by atoms with Gasteiger partial charge in [-0.05, 0) is 29.3 Å². The lowest BCUT2D eigenvalue weighted by Gasteiger charge is -2.28. The predicted octanol–water partition coefficient (Wildman–Crippen LogP) is 3.46. The summed E-state index contributed by atoms with van der Waals surface area (Å²) in [4.78, 5) is 15.0. The second kappa shape index (κ2) is 6.78. The maximum absolute atomic E-state index is 11.7. The van der Waals surface area contributed by atoms with E-state index in [2.05, 4.69) is 22.4 Å². The van der Waals surface area contributed by atoms with E-state index in [4.69, 9.17) is 4.74 Å². The van der Waals surface area contributed by atoms with Crippen LogP contribution in [-0.2, 0) is 4.79 Å². The Morgan fingerprint density at radius 1 is 1.20 bits per heavy atom. The van der Waals surface area contributed by atoms with E-state index in [1.807, 2.05) is 36.4 Å². The predicted molar refractivity (Wildman–Crippen MR) is 98.8 cm³/mol. The minimum Gasteiger partial charge on any atom is -0.497 e. The van der Waals surface area contributed by atoms with Crippen molar-refractivity contribution >= 4 is 29.3 Å². The van der Waals surface area contributed by atoms with Crippen molar-refractivity contribution in [1.82, 2.24) is 10.3 Å². The smallest absolute Gasteiger partial charge is 0.326 e. The number of aliphatic carboxylic acids is 1. The maximum atomic E-state index is 11.7. The molecule has 2 unspecified atom stereocenters. The van der Waals surface area contributed by atoms with Crippen LogP contribution in [0.3, 0.4) is 0 Å². The number of aromatic amines is 1. The van der Waals surface area contributed by atoms with Crippen molar-refractivity contribution in [3.63, 3.8) is 0 Å². The second-order valence-corrected chi connectivity index (χ2v) is 6.01. The Bertz CT molecular complexity index is 908. The van der Waals surface area contributed by atoms with E-state index in [1.54, 1.807) is 7.11 Å². The fraction of sp³-hybridized carbons (Fsp3) is 0.211. The summed E-state index contributed by atoms with van der Waals surface area (Å²) in [6.07, 6.45) is 0. The summed E-state index contributed by atoms with van der Waals surface area (Å²) >= 11 is 0. The van der Waals surface area contributed by atoms with Gasteiger partial charge in [0, 0.05) is 29.1 Å². The highest BCUT2D eigenvalue weighted by molar-refractivity contribution is 5.90. The topological polar surface area (TPSA) is 74.3 Å². The summed E-state index contributed by atoms with van der Waals surface area (Å²) in [7, 11) is 1.64. The van der Waals surface area contributed by atoms with Crippen molar-refractivity contribution in [2.75, 3.05) is 13.7 Å². The number of aromatic nitrogens is 1. The molecule has 1 aliphatic heterocycles. The molecule has 1 aromatic heterocycles. The number of hydrogen-bond donors (Lipinski definition) is 3. The number of rotatable bonds is 3. The van der Waals surface area contributed by atoms with Gasteiger partial charge in [0.15, 0.2) is 0 Å². The average Bonchev–Trinajstić information content (AvgIpc) is 3.00. The number of ether oxygens (including phenoxy) is 1. The first-order valence-corrected chi connectivity index (χ1v) is 7.89. The molecule has 0 spiro atoms. The number of carboxylic acids is 1. The van der Waals surface area contributed by atoms with Crippen LogP contribution in [0.5, 0.6) is 5.75 Å². The van der Waals surface area contributed by atoms with Gasteiger partial charge in [0.1, 0.15) is 11.8 Å². The molecule has 0 fully saturated rings. The molecule has 0 aliphatic carbocycles. The fourth-order valence-electron chi connectivity index (χ4n) is 3.56. The summed E-state index contributed by atoms with van der Waals surface area (Å²) in [6.45, 7) is 0.581. The Morgan fingerprint density at radius 2 is 1.96 bits per heavy atom. The number of carbonyl (C=O) groups is 1. The summed E-state index contributed by atoms with van der Waals surface area (Å²) in [5.41, 5.74) is 3.86. The maximum Gasteiger partial charge on any atom is 0.326 e. The number of methoxy groups -OCH3 is 1. The van der Waals surface area contributed by atoms with Crippen LogP contribution in [0, 0.1) is 0 Å². The lowest BCUT2D eigenvalue weighted by atomic mass is 9.84. The number of hydrogen-bond acceptors (Lipinski definition) is 3. The molecule has 5 nitrogen and oxygen atoms in total. The number of carboxylic acid groups (broad SMARTS) is 1. The van der Waals surface area contributed by atoms with Crippen LogP contribution in [0.15, 0.2) is 48.5 Å². The van der Waals surface area contributed by atoms with Crippen molar-refractivity contribution in [3.8, 4) is 5.75 Å². The van der Waals surface area contributed by atoms with Crippen molar-refractivity contribution in [3.05, 3.63) is 65.4 Å². The van der Waals surface area contributed by atoms with E-state index in [0.29, 0.717) is 6.54 Å². The van der Waals surface area contributed by atoms with Gasteiger partial charge in [0.05, 0.1) is 7.11 Å². The lowest BCUT2D eigenvalue weighted by Crippen LogP contribution is -2.37. The van der Waals surface area contributed by atoms with E-state index in [-0.39, 0.29) is 18.3 Å². The monoisotopic (exact) mass is 358 g/mol. The SMILES string of the molecule is COc1ccc2[nH]c3c(c2c1)C(c1ccccc1)CNC3C(=O)O.Cl. The molecule has 25 heavy (non-hydrogen) atoms. The van der Waals surface area contributed by atoms with E-state index < -0.39 is 12.0 Å². The first-order chi connectivity index (χ1) is 11.7. The summed E-state index contributed by atoms with van der Waals surface area (Å²) in [6, 6.07) is 15.2. The van der Waals surface area contributed by atoms with Gasteiger partial charge >= 0.3 is 5.97 Å². The Hall–Kier alpha value is -2.50. The Kier molecular flexibility index (Phi) is 4.70. The molecule has 0 bridgehead atoms. The van der Waals surface area contributed by atoms with Crippen LogP contribution < -0.4 is 10.1 Å². The van der Waals surface area contributed by atoms with Crippen LogP contribution in [0.4, 0.5) is 0 Å². The van der Waals surface area contributed by atoms with Crippen molar-refractivity contribution in [1.29, 1.82) is 0 Å². The van der Waals surface area contributed by atoms with Crippen molar-refractivity contribution in [2.45, 2.75) is 12.0 Å². The molecule has 2 atom stereocenters. The average molecular weight is 359 g/mol. The van der Waals surface area contributed by atoms with Crippen LogP contribution in [0.1, 0.15) is 28.8 Å². The molecule has 2 heterocycles. The molecule has 3 N–H and O–H groups in total. The minimum atomic E-state index is -0.874. The van der Waals surface area contributed by atoms with Gasteiger partial charge < -0.3 is 14.8 Å². The number of H-pyrrole nitrogens is 1. The second-order valence-electron chi connectivity index (χ2n) is 6.01. The molecule has 0 saturated carbocycles. The van der Waals surface area contributed by atoms with Gasteiger partial charge in [-0.2, -0.15) is 0 Å². The molecular formula is C19H19ClN2O3. The first-order valence-electron chi connectivity index (χ1n) is 7.89. The number of halogens is 1. The zero-order valence-electron chi connectivity index (χ0n) is 13.7. The Balaban J connectivity index is 0.00000182. The zero-order chi connectivity index (χ0) is 16.7. The third-order valence-electron chi connectivity index (χ3n) is 4.69. The summed E-state index contributed by atoms with van der Waals surface area (Å²) < 4.78 is 5.35. The molecule has 0 saturated heterocycles. The Morgan fingerprint density at radius 3 is 2.64 bits per heavy atom. The normalized spacial score (nSPS) is 19.1. The molecule has 0 amide bonds. The third kappa shape index (κ3) is 2.86. The largest absolute Gasteiger partial charge is 0.497 e. The molecule has 0 radical (unpaired) electrons. The van der Waals surface area contributed by atoms with Gasteiger partial charge in [-0.25, -0.2) is 0 Å². The minimum absolute atomic E-state index is 0. The molecular weight excluding hydrogens is 340 g/mol. The third-order valence-corrected chi connectivity index (χ3v) is 4.69. The molecule has 130 valence electrons. The molecule has 2 aromatic carbocycles. The van der Waals surface area contributed by atoms with E-state index in [9.17, 15) is 9.90 Å². The molecule has 6 heteroatoms. The van der Waals surface area contributed by atoms with E-state index in [1.165, 1.54) is 5.56 Å². The van der Waals surface area contributed by atoms with Gasteiger partial charge in [-0.15, -0.1) is 12.4 Å². The number of fused-ring (bicyclic) bond motifs is 3. The quantitative estimate of drug-likeness (QED) is 0.670. The van der Waals surface area contributed by atoms with Crippen molar-refractivity contribution < 1.29 is 14.6 Å². The van der Waals surface area contributed by atoms with E-state index in [0.717, 1.165) is 27.9 Å². The van der Waals surface area contributed by atoms with Crippen LogP contribution >= 0.6 is 12.4 Å². The summed E-state index contributed by atoms with van der Waals surface area (Å²) in [5.74, 6) is -0.0135. The first kappa shape index (κ1) is 17.3. The van der Waals surface area contributed by atoms with Crippen molar-refractivity contribution in [2.24, 2.45) is 0 Å².